The highest BCUT2D eigenvalue weighted by Crippen LogP contribution is 2.34. The van der Waals surface area contributed by atoms with Gasteiger partial charge >= 0.3 is 12.4 Å². The highest BCUT2D eigenvalue weighted by molar-refractivity contribution is 6.08. The van der Waals surface area contributed by atoms with E-state index in [9.17, 15) is 31.1 Å². The Balaban J connectivity index is 1.73. The van der Waals surface area contributed by atoms with Crippen LogP contribution in [0.25, 0.3) is 10.9 Å². The van der Waals surface area contributed by atoms with Gasteiger partial charge in [-0.2, -0.15) is 31.4 Å². The van der Waals surface area contributed by atoms with Gasteiger partial charge in [0.05, 0.1) is 35.0 Å². The van der Waals surface area contributed by atoms with Crippen molar-refractivity contribution >= 4 is 22.6 Å². The fourth-order valence-electron chi connectivity index (χ4n) is 3.34. The lowest BCUT2D eigenvalue weighted by Crippen LogP contribution is -2.13. The van der Waals surface area contributed by atoms with E-state index in [-0.39, 0.29) is 28.8 Å². The Morgan fingerprint density at radius 2 is 1.61 bits per heavy atom. The number of amides is 1. The Morgan fingerprint density at radius 1 is 0.970 bits per heavy atom. The number of hydrogen-bond acceptors (Lipinski definition) is 3. The molecule has 0 bridgehead atoms. The predicted octanol–water partition coefficient (Wildman–Crippen LogP) is 6.28. The number of carbonyl (C=O) groups excluding carboxylic acids is 1. The summed E-state index contributed by atoms with van der Waals surface area (Å²) in [5.41, 5.74) is -0.862. The second kappa shape index (κ2) is 7.98. The van der Waals surface area contributed by atoms with E-state index in [1.807, 2.05) is 0 Å². The molecule has 5 nitrogen and oxygen atoms in total. The van der Waals surface area contributed by atoms with Crippen LogP contribution in [0.5, 0.6) is 0 Å². The maximum Gasteiger partial charge on any atom is 0.416 e. The Bertz CT molecular complexity index is 1320. The molecule has 0 atom stereocenters. The van der Waals surface area contributed by atoms with Crippen LogP contribution in [0, 0.1) is 6.92 Å². The van der Waals surface area contributed by atoms with E-state index in [2.05, 4.69) is 10.4 Å². The number of anilines is 1. The highest BCUT2D eigenvalue weighted by Gasteiger charge is 2.32. The molecule has 172 valence electrons. The molecule has 11 heteroatoms. The van der Waals surface area contributed by atoms with Gasteiger partial charge in [-0.05, 0) is 48.9 Å². The molecule has 4 aromatic rings. The van der Waals surface area contributed by atoms with Crippen molar-refractivity contribution in [1.29, 1.82) is 0 Å². The van der Waals surface area contributed by atoms with Crippen molar-refractivity contribution < 1.29 is 35.6 Å². The third kappa shape index (κ3) is 4.57. The van der Waals surface area contributed by atoms with Crippen LogP contribution in [0.1, 0.15) is 32.8 Å². The SMILES string of the molecule is Cc1occc1C(=O)Nc1nn(Cc2ccc(C(F)(F)F)cc2)c2ccc(C(F)(F)F)cc12. The zero-order chi connectivity index (χ0) is 24.0. The molecule has 2 aromatic heterocycles. The zero-order valence-electron chi connectivity index (χ0n) is 16.9. The summed E-state index contributed by atoms with van der Waals surface area (Å²) in [5, 5.41) is 6.75. The van der Waals surface area contributed by atoms with Gasteiger partial charge in [0.2, 0.25) is 0 Å². The second-order valence-electron chi connectivity index (χ2n) is 7.28. The van der Waals surface area contributed by atoms with Gasteiger partial charge in [0.1, 0.15) is 5.76 Å². The Morgan fingerprint density at radius 3 is 2.18 bits per heavy atom. The first-order valence-corrected chi connectivity index (χ1v) is 9.53. The summed E-state index contributed by atoms with van der Waals surface area (Å²) in [4.78, 5) is 12.6. The van der Waals surface area contributed by atoms with E-state index >= 15 is 0 Å². The number of furan rings is 1. The first-order valence-electron chi connectivity index (χ1n) is 9.53. The summed E-state index contributed by atoms with van der Waals surface area (Å²) in [5.74, 6) is -0.426. The van der Waals surface area contributed by atoms with Crippen molar-refractivity contribution in [3.63, 3.8) is 0 Å². The van der Waals surface area contributed by atoms with Crippen molar-refractivity contribution in [3.05, 3.63) is 82.8 Å². The molecule has 0 fully saturated rings. The third-order valence-electron chi connectivity index (χ3n) is 5.03. The number of hydrogen-bond donors (Lipinski definition) is 1. The lowest BCUT2D eigenvalue weighted by Gasteiger charge is -2.09. The molecule has 1 amide bonds. The standard InChI is InChI=1S/C22H15F6N3O2/c1-12-16(8-9-33-12)20(32)29-19-17-10-15(22(26,27)28)6-7-18(17)31(30-19)11-13-2-4-14(5-3-13)21(23,24)25/h2-10H,11H2,1H3,(H,29,30,32). The van der Waals surface area contributed by atoms with Gasteiger partial charge in [0.25, 0.3) is 5.91 Å². The summed E-state index contributed by atoms with van der Waals surface area (Å²) in [6, 6.07) is 8.69. The first-order chi connectivity index (χ1) is 15.4. The Kier molecular flexibility index (Phi) is 5.43. The lowest BCUT2D eigenvalue weighted by atomic mass is 10.1. The molecule has 0 aliphatic carbocycles. The highest BCUT2D eigenvalue weighted by atomic mass is 19.4. The number of nitrogens with one attached hydrogen (secondary N) is 1. The number of halogens is 6. The summed E-state index contributed by atoms with van der Waals surface area (Å²) >= 11 is 0. The van der Waals surface area contributed by atoms with Gasteiger partial charge in [-0.25, -0.2) is 0 Å². The quantitative estimate of drug-likeness (QED) is 0.360. The molecule has 2 aromatic carbocycles. The molecule has 0 spiro atoms. The minimum absolute atomic E-state index is 0.0272. The second-order valence-corrected chi connectivity index (χ2v) is 7.28. The number of nitrogens with zero attached hydrogens (tertiary/aromatic N) is 2. The van der Waals surface area contributed by atoms with Crippen molar-refractivity contribution in [3.8, 4) is 0 Å². The third-order valence-corrected chi connectivity index (χ3v) is 5.03. The van der Waals surface area contributed by atoms with E-state index in [4.69, 9.17) is 4.42 Å². The number of rotatable bonds is 4. The maximum atomic E-state index is 13.3. The van der Waals surface area contributed by atoms with Crippen molar-refractivity contribution in [2.75, 3.05) is 5.32 Å². The number of aryl methyl sites for hydroxylation is 1. The summed E-state index contributed by atoms with van der Waals surface area (Å²) in [6.07, 6.45) is -7.81. The van der Waals surface area contributed by atoms with Crippen LogP contribution in [-0.4, -0.2) is 15.7 Å². The lowest BCUT2D eigenvalue weighted by molar-refractivity contribution is -0.138. The monoisotopic (exact) mass is 467 g/mol. The van der Waals surface area contributed by atoms with Crippen LogP contribution in [0.3, 0.4) is 0 Å². The van der Waals surface area contributed by atoms with Crippen molar-refractivity contribution in [1.82, 2.24) is 9.78 Å². The Labute approximate surface area is 182 Å². The zero-order valence-corrected chi connectivity index (χ0v) is 16.9. The van der Waals surface area contributed by atoms with Crippen LogP contribution in [-0.2, 0) is 18.9 Å². The number of carbonyl (C=O) groups is 1. The van der Waals surface area contributed by atoms with Crippen LogP contribution in [0.2, 0.25) is 0 Å². The maximum absolute atomic E-state index is 13.3. The van der Waals surface area contributed by atoms with Gasteiger partial charge < -0.3 is 9.73 Å². The summed E-state index contributed by atoms with van der Waals surface area (Å²) < 4.78 is 84.6. The molecular weight excluding hydrogens is 452 g/mol. The largest absolute Gasteiger partial charge is 0.469 e. The molecule has 1 N–H and O–H groups in total. The molecule has 0 saturated heterocycles. The average Bonchev–Trinajstić information content (AvgIpc) is 3.30. The van der Waals surface area contributed by atoms with E-state index in [0.29, 0.717) is 11.3 Å². The molecule has 0 aliphatic rings. The van der Waals surface area contributed by atoms with E-state index in [1.165, 1.54) is 35.2 Å². The molecule has 2 heterocycles. The van der Waals surface area contributed by atoms with Crippen LogP contribution in [0.4, 0.5) is 32.2 Å². The summed E-state index contributed by atoms with van der Waals surface area (Å²) in [6.45, 7) is 1.53. The van der Waals surface area contributed by atoms with Gasteiger partial charge in [0, 0.05) is 5.39 Å². The van der Waals surface area contributed by atoms with Crippen molar-refractivity contribution in [2.45, 2.75) is 25.8 Å². The summed E-state index contributed by atoms with van der Waals surface area (Å²) in [7, 11) is 0. The predicted molar refractivity (Wildman–Crippen MR) is 107 cm³/mol. The first kappa shape index (κ1) is 22.4. The normalized spacial score (nSPS) is 12.3. The van der Waals surface area contributed by atoms with Gasteiger partial charge in [-0.15, -0.1) is 0 Å². The van der Waals surface area contributed by atoms with E-state index < -0.39 is 29.4 Å². The molecular formula is C22H15F6N3O2. The van der Waals surface area contributed by atoms with Crippen LogP contribution >= 0.6 is 0 Å². The molecule has 4 rings (SSSR count). The van der Waals surface area contributed by atoms with Crippen LogP contribution in [0.15, 0.2) is 59.2 Å². The van der Waals surface area contributed by atoms with E-state index in [0.717, 1.165) is 24.3 Å². The molecule has 33 heavy (non-hydrogen) atoms. The van der Waals surface area contributed by atoms with Gasteiger partial charge in [-0.1, -0.05) is 12.1 Å². The van der Waals surface area contributed by atoms with E-state index in [1.54, 1.807) is 6.92 Å². The van der Waals surface area contributed by atoms with Crippen LogP contribution < -0.4 is 5.32 Å². The molecule has 0 aliphatic heterocycles. The molecule has 0 radical (unpaired) electrons. The fourth-order valence-corrected chi connectivity index (χ4v) is 3.34. The van der Waals surface area contributed by atoms with Gasteiger partial charge in [0.15, 0.2) is 5.82 Å². The smallest absolute Gasteiger partial charge is 0.416 e. The molecule has 0 saturated carbocycles. The minimum Gasteiger partial charge on any atom is -0.469 e. The number of fused-ring (bicyclic) bond motifs is 1. The van der Waals surface area contributed by atoms with Crippen molar-refractivity contribution in [2.24, 2.45) is 0 Å². The van der Waals surface area contributed by atoms with Gasteiger partial charge in [-0.3, -0.25) is 9.48 Å². The number of benzene rings is 2. The minimum atomic E-state index is -4.62. The fraction of sp³-hybridized carbons (Fsp3) is 0.182. The number of alkyl halides is 6. The topological polar surface area (TPSA) is 60.1 Å². The Hall–Kier alpha value is -3.76. The number of aromatic nitrogens is 2. The molecule has 0 unspecified atom stereocenters. The average molecular weight is 467 g/mol.